The maximum Gasteiger partial charge on any atom is 0.303 e. The van der Waals surface area contributed by atoms with Crippen molar-refractivity contribution in [1.29, 1.82) is 0 Å². The van der Waals surface area contributed by atoms with Crippen LogP contribution in [-0.4, -0.2) is 17.5 Å². The molecule has 0 aliphatic heterocycles. The molecule has 0 saturated heterocycles. The monoisotopic (exact) mass is 298 g/mol. The van der Waals surface area contributed by atoms with E-state index in [1.165, 1.54) is 0 Å². The lowest BCUT2D eigenvalue weighted by atomic mass is 10.0. The number of halogens is 5. The Morgan fingerprint density at radius 2 is 1.83 bits per heavy atom. The smallest absolute Gasteiger partial charge is 0.294 e. The van der Waals surface area contributed by atoms with Crippen LogP contribution in [0.1, 0.15) is 23.7 Å². The molecule has 1 aromatic rings. The van der Waals surface area contributed by atoms with Crippen LogP contribution in [0, 0.1) is 5.82 Å². The summed E-state index contributed by atoms with van der Waals surface area (Å²) in [7, 11) is 0. The van der Waals surface area contributed by atoms with Gasteiger partial charge in [0.1, 0.15) is 5.82 Å². The third-order valence-electron chi connectivity index (χ3n) is 2.13. The number of Topliss-reactive ketones (excluding diaryl/α,β-unsaturated/α-hetero) is 2. The van der Waals surface area contributed by atoms with Gasteiger partial charge < -0.3 is 0 Å². The van der Waals surface area contributed by atoms with Crippen molar-refractivity contribution in [1.82, 2.24) is 0 Å². The van der Waals surface area contributed by atoms with Gasteiger partial charge in [-0.25, -0.2) is 4.39 Å². The van der Waals surface area contributed by atoms with E-state index in [1.54, 1.807) is 0 Å². The van der Waals surface area contributed by atoms with Crippen molar-refractivity contribution in [3.8, 4) is 0 Å². The molecule has 0 atom stereocenters. The summed E-state index contributed by atoms with van der Waals surface area (Å²) in [6.07, 6.45) is -1.09. The summed E-state index contributed by atoms with van der Waals surface area (Å²) in [5.74, 6) is -7.18. The minimum atomic E-state index is -3.64. The van der Waals surface area contributed by atoms with Crippen LogP contribution in [0.2, 0.25) is 10.0 Å². The predicted molar refractivity (Wildman–Crippen MR) is 61.0 cm³/mol. The number of carbonyl (C=O) groups excluding carboxylic acids is 2. The average molecular weight is 299 g/mol. The summed E-state index contributed by atoms with van der Waals surface area (Å²) >= 11 is 11.1. The first-order chi connectivity index (χ1) is 8.14. The molecule has 2 nitrogen and oxygen atoms in total. The number of hydrogen-bond donors (Lipinski definition) is 0. The number of hydrogen-bond acceptors (Lipinski definition) is 2. The molecule has 0 aliphatic rings. The molecule has 0 aliphatic carbocycles. The first kappa shape index (κ1) is 15.0. The minimum absolute atomic E-state index is 0.196. The third kappa shape index (κ3) is 3.23. The Labute approximate surface area is 111 Å². The van der Waals surface area contributed by atoms with E-state index in [1.807, 2.05) is 0 Å². The third-order valence-corrected chi connectivity index (χ3v) is 2.82. The largest absolute Gasteiger partial charge is 0.303 e. The highest BCUT2D eigenvalue weighted by Gasteiger charge is 2.34. The fourth-order valence-corrected chi connectivity index (χ4v) is 1.75. The Bertz CT molecular complexity index is 510. The molecule has 0 N–H and O–H groups in total. The van der Waals surface area contributed by atoms with E-state index in [0.29, 0.717) is 6.92 Å². The molecule has 1 rings (SSSR count). The number of alkyl halides is 2. The first-order valence-corrected chi connectivity index (χ1v) is 5.48. The minimum Gasteiger partial charge on any atom is -0.294 e. The second-order valence-corrected chi connectivity index (χ2v) is 4.41. The number of ketones is 2. The molecule has 7 heteroatoms. The van der Waals surface area contributed by atoms with Crippen LogP contribution in [0.4, 0.5) is 13.2 Å². The molecule has 0 aromatic heterocycles. The zero-order chi connectivity index (χ0) is 14.1. The predicted octanol–water partition coefficient (Wildman–Crippen LogP) is 3.93. The van der Waals surface area contributed by atoms with Gasteiger partial charge in [0.2, 0.25) is 5.78 Å². The van der Waals surface area contributed by atoms with Crippen LogP contribution < -0.4 is 0 Å². The topological polar surface area (TPSA) is 34.1 Å². The molecule has 0 heterocycles. The molecule has 98 valence electrons. The van der Waals surface area contributed by atoms with Crippen LogP contribution in [0.5, 0.6) is 0 Å². The van der Waals surface area contributed by atoms with E-state index in [-0.39, 0.29) is 5.02 Å². The van der Waals surface area contributed by atoms with E-state index >= 15 is 0 Å². The van der Waals surface area contributed by atoms with Gasteiger partial charge in [-0.2, -0.15) is 8.78 Å². The van der Waals surface area contributed by atoms with Gasteiger partial charge in [0, 0.05) is 6.92 Å². The Kier molecular flexibility index (Phi) is 4.40. The molecule has 0 unspecified atom stereocenters. The van der Waals surface area contributed by atoms with Crippen LogP contribution in [-0.2, 0) is 4.79 Å². The van der Waals surface area contributed by atoms with E-state index in [2.05, 4.69) is 0 Å². The highest BCUT2D eigenvalue weighted by Crippen LogP contribution is 2.29. The summed E-state index contributed by atoms with van der Waals surface area (Å²) in [5, 5.41) is -0.779. The fraction of sp³-hybridized carbons (Fsp3) is 0.273. The molecule has 0 radical (unpaired) electrons. The lowest BCUT2D eigenvalue weighted by molar-refractivity contribution is -0.139. The van der Waals surface area contributed by atoms with Crippen LogP contribution >= 0.6 is 23.2 Å². The molecule has 0 bridgehead atoms. The van der Waals surface area contributed by atoms with Crippen molar-refractivity contribution >= 4 is 34.8 Å². The van der Waals surface area contributed by atoms with E-state index < -0.39 is 40.3 Å². The molecule has 0 saturated carbocycles. The molecular weight excluding hydrogens is 292 g/mol. The molecular formula is C11H7Cl2F3O2. The Balaban J connectivity index is 3.06. The van der Waals surface area contributed by atoms with Crippen molar-refractivity contribution in [2.24, 2.45) is 0 Å². The fourth-order valence-electron chi connectivity index (χ4n) is 1.17. The first-order valence-electron chi connectivity index (χ1n) is 4.72. The Morgan fingerprint density at radius 3 is 2.33 bits per heavy atom. The highest BCUT2D eigenvalue weighted by atomic mass is 35.5. The van der Waals surface area contributed by atoms with Gasteiger partial charge in [0.15, 0.2) is 5.78 Å². The van der Waals surface area contributed by atoms with Gasteiger partial charge in [-0.05, 0) is 12.1 Å². The van der Waals surface area contributed by atoms with Crippen molar-refractivity contribution in [3.05, 3.63) is 33.6 Å². The Morgan fingerprint density at radius 1 is 1.28 bits per heavy atom. The summed E-state index contributed by atoms with van der Waals surface area (Å²) in [6.45, 7) is 0.372. The van der Waals surface area contributed by atoms with Crippen LogP contribution in [0.15, 0.2) is 12.1 Å². The van der Waals surface area contributed by atoms with Crippen LogP contribution in [0.25, 0.3) is 0 Å². The van der Waals surface area contributed by atoms with Gasteiger partial charge >= 0.3 is 5.92 Å². The summed E-state index contributed by atoms with van der Waals surface area (Å²) in [6, 6.07) is 1.99. The van der Waals surface area contributed by atoms with Crippen molar-refractivity contribution in [2.75, 3.05) is 0 Å². The van der Waals surface area contributed by atoms with E-state index in [0.717, 1.165) is 12.1 Å². The van der Waals surface area contributed by atoms with Gasteiger partial charge in [0.05, 0.1) is 22.0 Å². The van der Waals surface area contributed by atoms with E-state index in [9.17, 15) is 22.8 Å². The summed E-state index contributed by atoms with van der Waals surface area (Å²) < 4.78 is 38.4. The lowest BCUT2D eigenvalue weighted by Gasteiger charge is -2.10. The summed E-state index contributed by atoms with van der Waals surface area (Å²) in [4.78, 5) is 22.6. The summed E-state index contributed by atoms with van der Waals surface area (Å²) in [5.41, 5.74) is -0.462. The van der Waals surface area contributed by atoms with E-state index in [4.69, 9.17) is 23.2 Å². The van der Waals surface area contributed by atoms with Gasteiger partial charge in [-0.3, -0.25) is 9.59 Å². The number of carbonyl (C=O) groups is 2. The van der Waals surface area contributed by atoms with Crippen molar-refractivity contribution in [2.45, 2.75) is 19.3 Å². The molecule has 0 fully saturated rings. The maximum absolute atomic E-state index is 13.1. The van der Waals surface area contributed by atoms with Crippen molar-refractivity contribution in [3.63, 3.8) is 0 Å². The molecule has 0 spiro atoms. The Hall–Kier alpha value is -1.07. The normalized spacial score (nSPS) is 11.4. The van der Waals surface area contributed by atoms with Gasteiger partial charge in [-0.15, -0.1) is 0 Å². The highest BCUT2D eigenvalue weighted by molar-refractivity contribution is 6.40. The zero-order valence-corrected chi connectivity index (χ0v) is 10.6. The van der Waals surface area contributed by atoms with Gasteiger partial charge in [-0.1, -0.05) is 23.2 Å². The molecule has 1 aromatic carbocycles. The van der Waals surface area contributed by atoms with Crippen molar-refractivity contribution < 1.29 is 22.8 Å². The van der Waals surface area contributed by atoms with Crippen LogP contribution in [0.3, 0.4) is 0 Å². The SMILES string of the molecule is CC(F)(F)C(=O)CC(=O)c1c(Cl)ccc(F)c1Cl. The number of rotatable bonds is 4. The zero-order valence-electron chi connectivity index (χ0n) is 9.07. The second kappa shape index (κ2) is 5.28. The van der Waals surface area contributed by atoms with Gasteiger partial charge in [0.25, 0.3) is 0 Å². The quantitative estimate of drug-likeness (QED) is 0.479. The second-order valence-electron chi connectivity index (χ2n) is 3.63. The lowest BCUT2D eigenvalue weighted by Crippen LogP contribution is -2.27. The standard InChI is InChI=1S/C11H7Cl2F3O2/c1-11(15,16)8(18)4-7(17)9-5(12)2-3-6(14)10(9)13/h2-3H,4H2,1H3. The number of benzene rings is 1. The maximum atomic E-state index is 13.1. The average Bonchev–Trinajstić information content (AvgIpc) is 2.22. The molecule has 18 heavy (non-hydrogen) atoms. The molecule has 0 amide bonds.